The maximum absolute atomic E-state index is 14.4. The van der Waals surface area contributed by atoms with Gasteiger partial charge in [0.05, 0.1) is 49.9 Å². The number of nitrogens with zero attached hydrogens (tertiary/aromatic N) is 5. The van der Waals surface area contributed by atoms with Crippen molar-refractivity contribution in [2.24, 2.45) is 5.92 Å². The van der Waals surface area contributed by atoms with Crippen LogP contribution in [0.4, 0.5) is 25.4 Å². The van der Waals surface area contributed by atoms with Gasteiger partial charge in [0.2, 0.25) is 5.91 Å². The quantitative estimate of drug-likeness (QED) is 0.209. The fourth-order valence-electron chi connectivity index (χ4n) is 6.26. The zero-order valence-corrected chi connectivity index (χ0v) is 31.9. The predicted molar refractivity (Wildman–Crippen MR) is 204 cm³/mol. The molecule has 0 aliphatic carbocycles. The molecule has 1 saturated heterocycles. The number of piperazine rings is 1. The Labute approximate surface area is 313 Å². The van der Waals surface area contributed by atoms with Gasteiger partial charge < -0.3 is 34.8 Å². The molecule has 0 spiro atoms. The maximum atomic E-state index is 14.4. The second kappa shape index (κ2) is 16.4. The third-order valence-corrected chi connectivity index (χ3v) is 8.96. The molecule has 54 heavy (non-hydrogen) atoms. The van der Waals surface area contributed by atoms with Crippen molar-refractivity contribution >= 4 is 40.3 Å². The van der Waals surface area contributed by atoms with Crippen LogP contribution in [-0.4, -0.2) is 84.6 Å². The minimum absolute atomic E-state index is 0.218. The third kappa shape index (κ3) is 8.84. The summed E-state index contributed by atoms with van der Waals surface area (Å²) in [4.78, 5) is 63.1. The number of methoxy groups -OCH3 is 2. The van der Waals surface area contributed by atoms with Gasteiger partial charge in [-0.1, -0.05) is 26.0 Å². The first-order chi connectivity index (χ1) is 25.6. The van der Waals surface area contributed by atoms with Crippen molar-refractivity contribution in [2.75, 3.05) is 55.6 Å². The topological polar surface area (TPSA) is 148 Å². The molecule has 0 bridgehead atoms. The standard InChI is InChI=1S/C39H48FN7O7/c1-24(2)33(43-38(51)54-39(4,5)6)36(49)44-19-21-45(22-20-44)47-34(42-30-12-10-9-11-29(30)35(47)48)25(3)46(31-18-17-28(52-7)23-32(31)53-8)37(50)41-27-15-13-26(40)14-16-27/h9-18,23-25,33H,19-22H2,1-8H3,(H,41,50)(H,43,51). The number of carbonyl (C=O) groups is 3. The van der Waals surface area contributed by atoms with E-state index in [1.165, 1.54) is 48.1 Å². The van der Waals surface area contributed by atoms with Crippen LogP contribution in [0.3, 0.4) is 0 Å². The van der Waals surface area contributed by atoms with Gasteiger partial charge in [0.15, 0.2) is 5.82 Å². The molecule has 1 aromatic heterocycles. The summed E-state index contributed by atoms with van der Waals surface area (Å²) in [5, 5.41) is 7.75. The van der Waals surface area contributed by atoms with E-state index < -0.39 is 35.6 Å². The number of carbonyl (C=O) groups excluding carboxylic acids is 3. The number of ether oxygens (including phenoxy) is 3. The van der Waals surface area contributed by atoms with E-state index in [4.69, 9.17) is 19.2 Å². The van der Waals surface area contributed by atoms with E-state index in [0.717, 1.165) is 0 Å². The number of hydrogen-bond acceptors (Lipinski definition) is 9. The van der Waals surface area contributed by atoms with E-state index in [0.29, 0.717) is 33.8 Å². The van der Waals surface area contributed by atoms with Crippen molar-refractivity contribution in [1.29, 1.82) is 0 Å². The van der Waals surface area contributed by atoms with Gasteiger partial charge in [-0.3, -0.25) is 14.5 Å². The largest absolute Gasteiger partial charge is 0.497 e. The normalized spacial score (nSPS) is 14.3. The molecule has 288 valence electrons. The number of nitrogens with one attached hydrogen (secondary N) is 2. The van der Waals surface area contributed by atoms with Crippen molar-refractivity contribution in [3.05, 3.63) is 88.7 Å². The van der Waals surface area contributed by atoms with Crippen LogP contribution in [0.25, 0.3) is 10.9 Å². The van der Waals surface area contributed by atoms with Crippen LogP contribution in [-0.2, 0) is 9.53 Å². The highest BCUT2D eigenvalue weighted by Gasteiger charge is 2.35. The summed E-state index contributed by atoms with van der Waals surface area (Å²) in [5.74, 6) is 0.124. The van der Waals surface area contributed by atoms with Crippen LogP contribution in [0.2, 0.25) is 0 Å². The molecule has 15 heteroatoms. The zero-order chi connectivity index (χ0) is 39.3. The number of rotatable bonds is 10. The Morgan fingerprint density at radius 3 is 2.19 bits per heavy atom. The average Bonchev–Trinajstić information content (AvgIpc) is 3.14. The molecule has 2 heterocycles. The smallest absolute Gasteiger partial charge is 0.408 e. The molecule has 1 aliphatic rings. The summed E-state index contributed by atoms with van der Waals surface area (Å²) < 4.78 is 31.8. The summed E-state index contributed by atoms with van der Waals surface area (Å²) in [5.41, 5.74) is 0.0486. The molecule has 1 fully saturated rings. The van der Waals surface area contributed by atoms with E-state index in [1.54, 1.807) is 75.1 Å². The molecule has 0 radical (unpaired) electrons. The van der Waals surface area contributed by atoms with Crippen molar-refractivity contribution in [3.8, 4) is 11.5 Å². The van der Waals surface area contributed by atoms with Gasteiger partial charge in [-0.25, -0.2) is 23.6 Å². The number of amides is 4. The molecular formula is C39H48FN7O7. The average molecular weight is 746 g/mol. The van der Waals surface area contributed by atoms with Crippen molar-refractivity contribution < 1.29 is 33.0 Å². The number of para-hydroxylation sites is 1. The van der Waals surface area contributed by atoms with Gasteiger partial charge in [0.25, 0.3) is 5.56 Å². The van der Waals surface area contributed by atoms with Crippen LogP contribution in [0.15, 0.2) is 71.5 Å². The Bertz CT molecular complexity index is 2040. The first-order valence-electron chi connectivity index (χ1n) is 17.7. The maximum Gasteiger partial charge on any atom is 0.408 e. The van der Waals surface area contributed by atoms with E-state index in [1.807, 2.05) is 18.9 Å². The molecule has 4 amide bonds. The minimum Gasteiger partial charge on any atom is -0.497 e. The monoisotopic (exact) mass is 745 g/mol. The Kier molecular flexibility index (Phi) is 12.0. The van der Waals surface area contributed by atoms with E-state index in [2.05, 4.69) is 10.6 Å². The van der Waals surface area contributed by atoms with Gasteiger partial charge in [0.1, 0.15) is 29.0 Å². The van der Waals surface area contributed by atoms with Gasteiger partial charge in [0, 0.05) is 24.8 Å². The Morgan fingerprint density at radius 1 is 0.907 bits per heavy atom. The molecule has 3 aromatic carbocycles. The summed E-state index contributed by atoms with van der Waals surface area (Å²) in [7, 11) is 2.98. The highest BCUT2D eigenvalue weighted by molar-refractivity contribution is 6.03. The number of urea groups is 1. The second-order valence-corrected chi connectivity index (χ2v) is 14.3. The fraction of sp³-hybridized carbons (Fsp3) is 0.410. The summed E-state index contributed by atoms with van der Waals surface area (Å²) in [6.45, 7) is 11.7. The van der Waals surface area contributed by atoms with Crippen molar-refractivity contribution in [3.63, 3.8) is 0 Å². The van der Waals surface area contributed by atoms with Crippen molar-refractivity contribution in [2.45, 2.75) is 59.2 Å². The highest BCUT2D eigenvalue weighted by Crippen LogP contribution is 2.37. The number of benzene rings is 3. The molecule has 0 saturated carbocycles. The lowest BCUT2D eigenvalue weighted by molar-refractivity contribution is -0.135. The predicted octanol–water partition coefficient (Wildman–Crippen LogP) is 5.68. The van der Waals surface area contributed by atoms with Gasteiger partial charge in [-0.05, 0) is 82.1 Å². The Hall–Kier alpha value is -5.86. The molecule has 2 unspecified atom stereocenters. The third-order valence-electron chi connectivity index (χ3n) is 8.96. The molecule has 2 N–H and O–H groups in total. The molecular weight excluding hydrogens is 697 g/mol. The number of halogens is 1. The Balaban J connectivity index is 1.52. The van der Waals surface area contributed by atoms with Crippen LogP contribution in [0.5, 0.6) is 11.5 Å². The van der Waals surface area contributed by atoms with Crippen LogP contribution >= 0.6 is 0 Å². The van der Waals surface area contributed by atoms with E-state index in [-0.39, 0.29) is 49.4 Å². The number of anilines is 2. The number of fused-ring (bicyclic) bond motifs is 1. The van der Waals surface area contributed by atoms with Crippen LogP contribution < -0.4 is 35.6 Å². The van der Waals surface area contributed by atoms with Gasteiger partial charge >= 0.3 is 12.1 Å². The summed E-state index contributed by atoms with van der Waals surface area (Å²) in [6.07, 6.45) is -0.679. The number of hydrogen-bond donors (Lipinski definition) is 2. The Morgan fingerprint density at radius 2 is 1.57 bits per heavy atom. The highest BCUT2D eigenvalue weighted by atomic mass is 19.1. The first kappa shape index (κ1) is 39.3. The fourth-order valence-corrected chi connectivity index (χ4v) is 6.26. The van der Waals surface area contributed by atoms with Crippen LogP contribution in [0, 0.1) is 11.7 Å². The molecule has 14 nitrogen and oxygen atoms in total. The molecule has 4 aromatic rings. The molecule has 2 atom stereocenters. The minimum atomic E-state index is -0.895. The zero-order valence-electron chi connectivity index (χ0n) is 31.9. The summed E-state index contributed by atoms with van der Waals surface area (Å²) in [6, 6.07) is 15.0. The van der Waals surface area contributed by atoms with Gasteiger partial charge in [-0.2, -0.15) is 0 Å². The first-order valence-corrected chi connectivity index (χ1v) is 17.7. The lowest BCUT2D eigenvalue weighted by Crippen LogP contribution is -2.60. The van der Waals surface area contributed by atoms with E-state index in [9.17, 15) is 23.6 Å². The summed E-state index contributed by atoms with van der Waals surface area (Å²) >= 11 is 0. The number of alkyl carbamates (subject to hydrolysis) is 1. The van der Waals surface area contributed by atoms with Crippen LogP contribution in [0.1, 0.15) is 53.4 Å². The lowest BCUT2D eigenvalue weighted by atomic mass is 10.0. The number of aromatic nitrogens is 2. The van der Waals surface area contributed by atoms with E-state index >= 15 is 0 Å². The molecule has 1 aliphatic heterocycles. The van der Waals surface area contributed by atoms with Gasteiger partial charge in [-0.15, -0.1) is 0 Å². The SMILES string of the molecule is COc1ccc(N(C(=O)Nc2ccc(F)cc2)C(C)c2nc3ccccc3c(=O)n2N2CCN(C(=O)C(NC(=O)OC(C)(C)C)C(C)C)CC2)c(OC)c1. The molecule has 5 rings (SSSR count). The second-order valence-electron chi connectivity index (χ2n) is 14.3. The lowest BCUT2D eigenvalue weighted by Gasteiger charge is -2.40. The van der Waals surface area contributed by atoms with Crippen molar-refractivity contribution in [1.82, 2.24) is 19.9 Å².